The minimum Gasteiger partial charge on any atom is -0.361 e. The average Bonchev–Trinajstić information content (AvgIpc) is 3.55. The molecule has 3 N–H and O–H groups in total. The van der Waals surface area contributed by atoms with Gasteiger partial charge in [-0.2, -0.15) is 0 Å². The minimum absolute atomic E-state index is 0.263. The largest absolute Gasteiger partial charge is 0.361 e. The highest BCUT2D eigenvalue weighted by molar-refractivity contribution is 5.93. The van der Waals surface area contributed by atoms with Gasteiger partial charge >= 0.3 is 0 Å². The number of aromatic nitrogens is 4. The van der Waals surface area contributed by atoms with E-state index in [4.69, 9.17) is 0 Å². The van der Waals surface area contributed by atoms with Gasteiger partial charge in [0, 0.05) is 54.5 Å². The Balaban J connectivity index is 1.14. The normalized spacial score (nSPS) is 17.1. The topological polar surface area (TPSA) is 92.9 Å². The van der Waals surface area contributed by atoms with Crippen LogP contribution in [-0.4, -0.2) is 68.4 Å². The van der Waals surface area contributed by atoms with Crippen molar-refractivity contribution in [1.29, 1.82) is 0 Å². The number of carbonyl (C=O) groups is 1. The molecular weight excluding hydrogens is 438 g/mol. The van der Waals surface area contributed by atoms with Crippen molar-refractivity contribution in [2.75, 3.05) is 38.0 Å². The van der Waals surface area contributed by atoms with Crippen molar-refractivity contribution in [3.63, 3.8) is 0 Å². The van der Waals surface area contributed by atoms with Gasteiger partial charge in [0.15, 0.2) is 0 Å². The third-order valence-electron chi connectivity index (χ3n) is 7.24. The van der Waals surface area contributed by atoms with Gasteiger partial charge in [-0.05, 0) is 68.3 Å². The molecule has 180 valence electrons. The number of likely N-dealkylation sites (tertiary alicyclic amines) is 1. The maximum atomic E-state index is 12.7. The van der Waals surface area contributed by atoms with Gasteiger partial charge in [0.05, 0.1) is 5.39 Å². The van der Waals surface area contributed by atoms with Gasteiger partial charge in [0.1, 0.15) is 17.8 Å². The SMILES string of the molecule is O=C(CCN1CCCCC1)N1CC=C(c2cc3c(Nc4ccc5[nH]ccc5c4)ncnc3[nH]2)CC1. The van der Waals surface area contributed by atoms with Gasteiger partial charge in [-0.3, -0.25) is 4.79 Å². The number of fused-ring (bicyclic) bond motifs is 2. The Morgan fingerprint density at radius 3 is 2.83 bits per heavy atom. The summed E-state index contributed by atoms with van der Waals surface area (Å²) in [5, 5.41) is 5.55. The van der Waals surface area contributed by atoms with Gasteiger partial charge in [-0.25, -0.2) is 9.97 Å². The molecule has 3 aromatic heterocycles. The van der Waals surface area contributed by atoms with Crippen LogP contribution in [0.4, 0.5) is 11.5 Å². The van der Waals surface area contributed by atoms with E-state index in [1.165, 1.54) is 24.8 Å². The van der Waals surface area contributed by atoms with Crippen LogP contribution in [0.15, 0.2) is 48.9 Å². The number of rotatable bonds is 6. The number of nitrogens with one attached hydrogen (secondary N) is 3. The molecule has 0 bridgehead atoms. The number of anilines is 2. The summed E-state index contributed by atoms with van der Waals surface area (Å²) in [5.74, 6) is 1.04. The third-order valence-corrected chi connectivity index (χ3v) is 7.24. The molecule has 2 aliphatic rings. The van der Waals surface area contributed by atoms with Crippen LogP contribution in [0.25, 0.3) is 27.5 Å². The van der Waals surface area contributed by atoms with E-state index < -0.39 is 0 Å². The standard InChI is InChI=1S/C27H31N7O/c35-25(9-13-33-11-2-1-3-12-33)34-14-7-19(8-15-34)24-17-22-26(29-18-30-27(22)32-24)31-21-4-5-23-20(16-21)6-10-28-23/h4-7,10,16-18,28H,1-3,8-9,11-15H2,(H2,29,30,31,32). The smallest absolute Gasteiger partial charge is 0.224 e. The molecule has 0 spiro atoms. The lowest BCUT2D eigenvalue weighted by molar-refractivity contribution is -0.131. The number of carbonyl (C=O) groups excluding carboxylic acids is 1. The molecular formula is C27H31N7O. The number of aromatic amines is 2. The number of hydrogen-bond donors (Lipinski definition) is 3. The molecule has 1 saturated heterocycles. The highest BCUT2D eigenvalue weighted by atomic mass is 16.2. The van der Waals surface area contributed by atoms with Crippen LogP contribution in [0.3, 0.4) is 0 Å². The van der Waals surface area contributed by atoms with Crippen LogP contribution in [0, 0.1) is 0 Å². The first-order valence-electron chi connectivity index (χ1n) is 12.6. The van der Waals surface area contributed by atoms with Crippen molar-refractivity contribution in [3.8, 4) is 0 Å². The number of amides is 1. The van der Waals surface area contributed by atoms with E-state index in [0.29, 0.717) is 13.0 Å². The summed E-state index contributed by atoms with van der Waals surface area (Å²) in [6.45, 7) is 4.58. The lowest BCUT2D eigenvalue weighted by Gasteiger charge is -2.29. The van der Waals surface area contributed by atoms with E-state index in [2.05, 4.69) is 60.5 Å². The van der Waals surface area contributed by atoms with Crippen LogP contribution >= 0.6 is 0 Å². The lowest BCUT2D eigenvalue weighted by atomic mass is 10.0. The van der Waals surface area contributed by atoms with Crippen molar-refractivity contribution >= 4 is 44.9 Å². The van der Waals surface area contributed by atoms with E-state index in [-0.39, 0.29) is 5.91 Å². The van der Waals surface area contributed by atoms with Crippen molar-refractivity contribution < 1.29 is 4.79 Å². The van der Waals surface area contributed by atoms with Gasteiger partial charge in [-0.15, -0.1) is 0 Å². The minimum atomic E-state index is 0.263. The van der Waals surface area contributed by atoms with Gasteiger partial charge in [0.2, 0.25) is 5.91 Å². The number of H-pyrrole nitrogens is 2. The molecule has 8 nitrogen and oxygen atoms in total. The summed E-state index contributed by atoms with van der Waals surface area (Å²) in [6.07, 6.45) is 11.0. The Bertz CT molecular complexity index is 1380. The fourth-order valence-electron chi connectivity index (χ4n) is 5.22. The zero-order valence-corrected chi connectivity index (χ0v) is 19.9. The van der Waals surface area contributed by atoms with Gasteiger partial charge in [0.25, 0.3) is 0 Å². The van der Waals surface area contributed by atoms with Crippen molar-refractivity contribution in [2.24, 2.45) is 0 Å². The second-order valence-corrected chi connectivity index (χ2v) is 9.54. The number of piperidine rings is 1. The number of nitrogens with zero attached hydrogens (tertiary/aromatic N) is 4. The van der Waals surface area contributed by atoms with E-state index in [1.807, 2.05) is 17.2 Å². The summed E-state index contributed by atoms with van der Waals surface area (Å²) in [5.41, 5.74) is 5.17. The molecule has 0 aliphatic carbocycles. The summed E-state index contributed by atoms with van der Waals surface area (Å²) >= 11 is 0. The first-order chi connectivity index (χ1) is 17.2. The van der Waals surface area contributed by atoms with Crippen molar-refractivity contribution in [2.45, 2.75) is 32.1 Å². The Morgan fingerprint density at radius 1 is 1.06 bits per heavy atom. The average molecular weight is 470 g/mol. The van der Waals surface area contributed by atoms with Crippen LogP contribution in [0.2, 0.25) is 0 Å². The fraction of sp³-hybridized carbons (Fsp3) is 0.370. The van der Waals surface area contributed by atoms with Crippen LogP contribution in [0.1, 0.15) is 37.8 Å². The molecule has 0 saturated carbocycles. The first-order valence-corrected chi connectivity index (χ1v) is 12.6. The summed E-state index contributed by atoms with van der Waals surface area (Å²) in [4.78, 5) is 32.8. The Kier molecular flexibility index (Phi) is 5.96. The molecule has 2 aliphatic heterocycles. The van der Waals surface area contributed by atoms with E-state index in [0.717, 1.165) is 71.7 Å². The molecule has 0 unspecified atom stereocenters. The van der Waals surface area contributed by atoms with Gasteiger partial charge in [-0.1, -0.05) is 12.5 Å². The first kappa shape index (κ1) is 21.9. The van der Waals surface area contributed by atoms with Crippen molar-refractivity contribution in [3.05, 3.63) is 54.6 Å². The molecule has 5 heterocycles. The summed E-state index contributed by atoms with van der Waals surface area (Å²) in [7, 11) is 0. The van der Waals surface area contributed by atoms with Crippen LogP contribution in [0.5, 0.6) is 0 Å². The predicted molar refractivity (Wildman–Crippen MR) is 140 cm³/mol. The molecule has 0 radical (unpaired) electrons. The summed E-state index contributed by atoms with van der Waals surface area (Å²) < 4.78 is 0. The van der Waals surface area contributed by atoms with E-state index in [1.54, 1.807) is 6.33 Å². The number of benzene rings is 1. The molecule has 1 amide bonds. The van der Waals surface area contributed by atoms with Gasteiger partial charge < -0.3 is 25.1 Å². The molecule has 1 fully saturated rings. The van der Waals surface area contributed by atoms with E-state index in [9.17, 15) is 4.79 Å². The fourth-order valence-corrected chi connectivity index (χ4v) is 5.22. The Morgan fingerprint density at radius 2 is 1.97 bits per heavy atom. The maximum absolute atomic E-state index is 12.7. The lowest BCUT2D eigenvalue weighted by Crippen LogP contribution is -2.38. The highest BCUT2D eigenvalue weighted by Crippen LogP contribution is 2.30. The monoisotopic (exact) mass is 469 g/mol. The van der Waals surface area contributed by atoms with Crippen molar-refractivity contribution in [1.82, 2.24) is 29.7 Å². The Labute approximate surface area is 204 Å². The molecule has 6 rings (SSSR count). The zero-order valence-electron chi connectivity index (χ0n) is 19.9. The summed E-state index contributed by atoms with van der Waals surface area (Å²) in [6, 6.07) is 10.4. The quantitative estimate of drug-likeness (QED) is 0.381. The second-order valence-electron chi connectivity index (χ2n) is 9.54. The molecule has 0 atom stereocenters. The van der Waals surface area contributed by atoms with Crippen LogP contribution in [-0.2, 0) is 4.79 Å². The highest BCUT2D eigenvalue weighted by Gasteiger charge is 2.21. The van der Waals surface area contributed by atoms with E-state index >= 15 is 0 Å². The zero-order chi connectivity index (χ0) is 23.6. The molecule has 1 aromatic carbocycles. The molecule has 4 aromatic rings. The Hall–Kier alpha value is -3.65. The second kappa shape index (κ2) is 9.54. The third kappa shape index (κ3) is 4.66. The maximum Gasteiger partial charge on any atom is 0.224 e. The molecule has 35 heavy (non-hydrogen) atoms. The predicted octanol–water partition coefficient (Wildman–Crippen LogP) is 4.67. The van der Waals surface area contributed by atoms with Crippen LogP contribution < -0.4 is 5.32 Å². The number of hydrogen-bond acceptors (Lipinski definition) is 5. The molecule has 8 heteroatoms.